The second kappa shape index (κ2) is 8.82. The van der Waals surface area contributed by atoms with Crippen molar-refractivity contribution in [3.05, 3.63) is 54.1 Å². The number of ether oxygens (including phenoxy) is 3. The van der Waals surface area contributed by atoms with E-state index in [1.807, 2.05) is 50.2 Å². The van der Waals surface area contributed by atoms with E-state index in [1.54, 1.807) is 19.2 Å². The maximum absolute atomic E-state index is 12.1. The zero-order chi connectivity index (χ0) is 17.4. The van der Waals surface area contributed by atoms with Crippen molar-refractivity contribution >= 4 is 5.91 Å². The lowest BCUT2D eigenvalue weighted by atomic mass is 10.1. The highest BCUT2D eigenvalue weighted by Crippen LogP contribution is 2.25. The Balaban J connectivity index is 1.87. The molecule has 0 aliphatic carbocycles. The van der Waals surface area contributed by atoms with Crippen molar-refractivity contribution < 1.29 is 19.0 Å². The van der Waals surface area contributed by atoms with E-state index in [2.05, 4.69) is 5.32 Å². The summed E-state index contributed by atoms with van der Waals surface area (Å²) < 4.78 is 16.1. The van der Waals surface area contributed by atoms with E-state index in [1.165, 1.54) is 0 Å². The Morgan fingerprint density at radius 1 is 1.04 bits per heavy atom. The van der Waals surface area contributed by atoms with Gasteiger partial charge >= 0.3 is 0 Å². The number of para-hydroxylation sites is 2. The normalized spacial score (nSPS) is 11.5. The molecule has 0 bridgehead atoms. The van der Waals surface area contributed by atoms with Gasteiger partial charge in [-0.1, -0.05) is 24.3 Å². The average Bonchev–Trinajstić information content (AvgIpc) is 2.61. The first-order chi connectivity index (χ1) is 11.6. The Morgan fingerprint density at radius 3 is 2.33 bits per heavy atom. The largest absolute Gasteiger partial charge is 0.494 e. The van der Waals surface area contributed by atoms with Crippen LogP contribution in [-0.2, 0) is 4.79 Å². The van der Waals surface area contributed by atoms with E-state index in [0.29, 0.717) is 18.1 Å². The number of hydrogen-bond donors (Lipinski definition) is 1. The van der Waals surface area contributed by atoms with Crippen molar-refractivity contribution in [3.8, 4) is 17.2 Å². The molecule has 0 saturated heterocycles. The van der Waals surface area contributed by atoms with Gasteiger partial charge in [0.25, 0.3) is 5.91 Å². The molecule has 0 aliphatic rings. The van der Waals surface area contributed by atoms with Gasteiger partial charge in [-0.3, -0.25) is 4.79 Å². The van der Waals surface area contributed by atoms with Crippen molar-refractivity contribution in [2.45, 2.75) is 19.9 Å². The number of hydrogen-bond acceptors (Lipinski definition) is 4. The Morgan fingerprint density at radius 2 is 1.71 bits per heavy atom. The smallest absolute Gasteiger partial charge is 0.258 e. The van der Waals surface area contributed by atoms with Crippen LogP contribution in [0, 0.1) is 0 Å². The van der Waals surface area contributed by atoms with Crippen LogP contribution in [0.25, 0.3) is 0 Å². The summed E-state index contributed by atoms with van der Waals surface area (Å²) in [5, 5.41) is 2.91. The summed E-state index contributed by atoms with van der Waals surface area (Å²) in [5.41, 5.74) is 1.00. The quantitative estimate of drug-likeness (QED) is 0.807. The van der Waals surface area contributed by atoms with Crippen LogP contribution in [-0.4, -0.2) is 26.2 Å². The highest BCUT2D eigenvalue weighted by molar-refractivity contribution is 5.78. The van der Waals surface area contributed by atoms with Gasteiger partial charge in [-0.25, -0.2) is 0 Å². The highest BCUT2D eigenvalue weighted by atomic mass is 16.5. The van der Waals surface area contributed by atoms with Crippen LogP contribution in [0.5, 0.6) is 17.2 Å². The second-order valence-electron chi connectivity index (χ2n) is 5.23. The molecule has 1 unspecified atom stereocenters. The van der Waals surface area contributed by atoms with Gasteiger partial charge < -0.3 is 19.5 Å². The van der Waals surface area contributed by atoms with E-state index in [0.717, 1.165) is 11.3 Å². The average molecular weight is 329 g/mol. The van der Waals surface area contributed by atoms with Crippen molar-refractivity contribution in [1.29, 1.82) is 0 Å². The lowest BCUT2D eigenvalue weighted by Gasteiger charge is -2.16. The number of benzene rings is 2. The van der Waals surface area contributed by atoms with E-state index in [4.69, 9.17) is 14.2 Å². The first-order valence-corrected chi connectivity index (χ1v) is 7.92. The fraction of sp³-hybridized carbons (Fsp3) is 0.316. The number of carbonyl (C=O) groups is 1. The maximum Gasteiger partial charge on any atom is 0.258 e. The molecule has 2 rings (SSSR count). The molecule has 0 saturated carbocycles. The van der Waals surface area contributed by atoms with E-state index in [-0.39, 0.29) is 18.6 Å². The Hall–Kier alpha value is -2.69. The van der Waals surface area contributed by atoms with Crippen LogP contribution in [0.1, 0.15) is 25.5 Å². The molecule has 2 aromatic carbocycles. The molecule has 1 amide bonds. The van der Waals surface area contributed by atoms with Crippen molar-refractivity contribution in [1.82, 2.24) is 5.32 Å². The van der Waals surface area contributed by atoms with Crippen molar-refractivity contribution in [3.63, 3.8) is 0 Å². The number of rotatable bonds is 8. The summed E-state index contributed by atoms with van der Waals surface area (Å²) in [5.74, 6) is 1.77. The second-order valence-corrected chi connectivity index (χ2v) is 5.23. The summed E-state index contributed by atoms with van der Waals surface area (Å²) >= 11 is 0. The Kier molecular flexibility index (Phi) is 6.49. The third kappa shape index (κ3) is 4.91. The standard InChI is InChI=1S/C19H23NO4/c1-4-23-16-11-9-15(10-12-16)14(2)20-19(21)13-24-18-8-6-5-7-17(18)22-3/h5-12,14H,4,13H2,1-3H3,(H,20,21). The summed E-state index contributed by atoms with van der Waals surface area (Å²) in [6.07, 6.45) is 0. The number of carbonyl (C=O) groups excluding carboxylic acids is 1. The predicted octanol–water partition coefficient (Wildman–Crippen LogP) is 3.35. The first-order valence-electron chi connectivity index (χ1n) is 7.92. The van der Waals surface area contributed by atoms with Gasteiger partial charge in [-0.2, -0.15) is 0 Å². The monoisotopic (exact) mass is 329 g/mol. The minimum absolute atomic E-state index is 0.0677. The third-order valence-electron chi connectivity index (χ3n) is 3.50. The lowest BCUT2D eigenvalue weighted by molar-refractivity contribution is -0.123. The zero-order valence-corrected chi connectivity index (χ0v) is 14.2. The van der Waals surface area contributed by atoms with Crippen LogP contribution in [0.3, 0.4) is 0 Å². The van der Waals surface area contributed by atoms with Gasteiger partial charge in [0.05, 0.1) is 19.8 Å². The minimum Gasteiger partial charge on any atom is -0.494 e. The molecule has 5 heteroatoms. The topological polar surface area (TPSA) is 56.8 Å². The molecule has 0 radical (unpaired) electrons. The van der Waals surface area contributed by atoms with Gasteiger partial charge in [-0.15, -0.1) is 0 Å². The third-order valence-corrected chi connectivity index (χ3v) is 3.50. The van der Waals surface area contributed by atoms with E-state index >= 15 is 0 Å². The fourth-order valence-corrected chi connectivity index (χ4v) is 2.27. The van der Waals surface area contributed by atoms with Crippen LogP contribution in [0.15, 0.2) is 48.5 Å². The van der Waals surface area contributed by atoms with Gasteiger partial charge in [0.1, 0.15) is 5.75 Å². The minimum atomic E-state index is -0.192. The van der Waals surface area contributed by atoms with Gasteiger partial charge in [-0.05, 0) is 43.7 Å². The molecule has 128 valence electrons. The zero-order valence-electron chi connectivity index (χ0n) is 14.2. The maximum atomic E-state index is 12.1. The molecule has 0 fully saturated rings. The summed E-state index contributed by atoms with van der Waals surface area (Å²) in [4.78, 5) is 12.1. The summed E-state index contributed by atoms with van der Waals surface area (Å²) in [6, 6.07) is 14.8. The molecule has 2 aromatic rings. The van der Waals surface area contributed by atoms with Gasteiger partial charge in [0, 0.05) is 0 Å². The van der Waals surface area contributed by atoms with E-state index < -0.39 is 0 Å². The van der Waals surface area contributed by atoms with Crippen LogP contribution >= 0.6 is 0 Å². The molecule has 24 heavy (non-hydrogen) atoms. The predicted molar refractivity (Wildman–Crippen MR) is 92.7 cm³/mol. The van der Waals surface area contributed by atoms with Crippen LogP contribution in [0.2, 0.25) is 0 Å². The van der Waals surface area contributed by atoms with Crippen LogP contribution in [0.4, 0.5) is 0 Å². The number of amides is 1. The molecule has 0 heterocycles. The molecule has 5 nitrogen and oxygen atoms in total. The van der Waals surface area contributed by atoms with Gasteiger partial charge in [0.15, 0.2) is 18.1 Å². The lowest BCUT2D eigenvalue weighted by Crippen LogP contribution is -2.31. The molecule has 1 N–H and O–H groups in total. The summed E-state index contributed by atoms with van der Waals surface area (Å²) in [7, 11) is 1.57. The highest BCUT2D eigenvalue weighted by Gasteiger charge is 2.11. The molecule has 0 aromatic heterocycles. The first kappa shape index (κ1) is 17.7. The molecular weight excluding hydrogens is 306 g/mol. The van der Waals surface area contributed by atoms with Crippen molar-refractivity contribution in [2.75, 3.05) is 20.3 Å². The number of methoxy groups -OCH3 is 1. The molecule has 0 spiro atoms. The summed E-state index contributed by atoms with van der Waals surface area (Å²) in [6.45, 7) is 4.43. The molecule has 1 atom stereocenters. The fourth-order valence-electron chi connectivity index (χ4n) is 2.27. The Labute approximate surface area is 142 Å². The SMILES string of the molecule is CCOc1ccc(C(C)NC(=O)COc2ccccc2OC)cc1. The molecular formula is C19H23NO4. The van der Waals surface area contributed by atoms with Crippen molar-refractivity contribution in [2.24, 2.45) is 0 Å². The van der Waals surface area contributed by atoms with Crippen LogP contribution < -0.4 is 19.5 Å². The number of nitrogens with one attached hydrogen (secondary N) is 1. The van der Waals surface area contributed by atoms with E-state index in [9.17, 15) is 4.79 Å². The Bertz CT molecular complexity index is 655. The molecule has 0 aliphatic heterocycles. The van der Waals surface area contributed by atoms with Gasteiger partial charge in [0.2, 0.25) is 0 Å².